The number of methoxy groups -OCH3 is 1. The normalized spacial score (nSPS) is 14.6. The number of rotatable bonds is 11. The summed E-state index contributed by atoms with van der Waals surface area (Å²) in [6.07, 6.45) is 2.08. The fraction of sp³-hybridized carbons (Fsp3) is 0.360. The van der Waals surface area contributed by atoms with E-state index in [1.807, 2.05) is 9.13 Å². The third-order valence-electron chi connectivity index (χ3n) is 6.65. The topological polar surface area (TPSA) is 202 Å². The molecular formula is C25H30N8O5. The van der Waals surface area contributed by atoms with E-state index < -0.39 is 11.8 Å². The number of aryl methyl sites for hydroxylation is 1. The molecule has 3 heterocycles. The van der Waals surface area contributed by atoms with Crippen LogP contribution in [0.2, 0.25) is 0 Å². The Hall–Kier alpha value is -4.52. The van der Waals surface area contributed by atoms with Gasteiger partial charge in [-0.1, -0.05) is 0 Å². The number of aromatic nitrogens is 4. The van der Waals surface area contributed by atoms with Gasteiger partial charge >= 0.3 is 0 Å². The van der Waals surface area contributed by atoms with Crippen LogP contribution in [0, 0.1) is 0 Å². The van der Waals surface area contributed by atoms with Crippen molar-refractivity contribution in [1.29, 1.82) is 0 Å². The summed E-state index contributed by atoms with van der Waals surface area (Å²) in [6.45, 7) is 1.83. The van der Waals surface area contributed by atoms with Crippen molar-refractivity contribution >= 4 is 45.8 Å². The van der Waals surface area contributed by atoms with Gasteiger partial charge in [-0.15, -0.1) is 0 Å². The second-order valence-corrected chi connectivity index (χ2v) is 9.18. The lowest BCUT2D eigenvalue weighted by Gasteiger charge is -2.27. The monoisotopic (exact) mass is 522 g/mol. The van der Waals surface area contributed by atoms with E-state index in [2.05, 4.69) is 9.97 Å². The molecule has 0 spiro atoms. The number of nitrogen functional groups attached to an aromatic ring is 2. The lowest BCUT2D eigenvalue weighted by atomic mass is 10.1. The first-order valence-corrected chi connectivity index (χ1v) is 12.2. The predicted molar refractivity (Wildman–Crippen MR) is 141 cm³/mol. The maximum atomic E-state index is 11.9. The number of carbonyl (C=O) groups is 2. The molecule has 0 radical (unpaired) electrons. The van der Waals surface area contributed by atoms with Crippen molar-refractivity contribution in [3.05, 3.63) is 35.4 Å². The largest absolute Gasteiger partial charge is 0.491 e. The van der Waals surface area contributed by atoms with Crippen LogP contribution in [0.25, 0.3) is 22.1 Å². The highest BCUT2D eigenvalue weighted by atomic mass is 16.5. The van der Waals surface area contributed by atoms with Crippen LogP contribution in [0.3, 0.4) is 0 Å². The molecule has 2 aromatic carbocycles. The molecule has 38 heavy (non-hydrogen) atoms. The van der Waals surface area contributed by atoms with Crippen molar-refractivity contribution in [3.63, 3.8) is 0 Å². The van der Waals surface area contributed by atoms with E-state index in [1.54, 1.807) is 31.4 Å². The second-order valence-electron chi connectivity index (χ2n) is 9.18. The van der Waals surface area contributed by atoms with Crippen LogP contribution in [0.5, 0.6) is 11.5 Å². The molecule has 0 aliphatic carbocycles. The number of primary amides is 2. The molecule has 1 atom stereocenters. The van der Waals surface area contributed by atoms with Crippen LogP contribution in [0.1, 0.15) is 46.0 Å². The fourth-order valence-corrected chi connectivity index (χ4v) is 4.90. The van der Waals surface area contributed by atoms with E-state index in [0.717, 1.165) is 5.52 Å². The van der Waals surface area contributed by atoms with Crippen molar-refractivity contribution in [2.75, 3.05) is 38.4 Å². The minimum atomic E-state index is -0.577. The molecule has 1 aliphatic rings. The number of hydrogen-bond acceptors (Lipinski definition) is 9. The first-order valence-electron chi connectivity index (χ1n) is 12.2. The van der Waals surface area contributed by atoms with Crippen molar-refractivity contribution in [2.24, 2.45) is 11.5 Å². The van der Waals surface area contributed by atoms with E-state index in [-0.39, 0.29) is 6.04 Å². The summed E-state index contributed by atoms with van der Waals surface area (Å²) in [7, 11) is 1.62. The average Bonchev–Trinajstić information content (AvgIpc) is 3.39. The number of ether oxygens (including phenoxy) is 3. The van der Waals surface area contributed by atoms with E-state index >= 15 is 0 Å². The summed E-state index contributed by atoms with van der Waals surface area (Å²) in [4.78, 5) is 32.4. The number of nitrogens with two attached hydrogens (primary N) is 4. The number of imidazole rings is 2. The first kappa shape index (κ1) is 25.1. The quantitative estimate of drug-likeness (QED) is 0.211. The van der Waals surface area contributed by atoms with Gasteiger partial charge in [0, 0.05) is 37.8 Å². The van der Waals surface area contributed by atoms with Crippen molar-refractivity contribution in [3.8, 4) is 11.5 Å². The van der Waals surface area contributed by atoms with E-state index in [4.69, 9.17) is 37.1 Å². The molecule has 5 rings (SSSR count). The van der Waals surface area contributed by atoms with Gasteiger partial charge in [0.15, 0.2) is 0 Å². The van der Waals surface area contributed by atoms with E-state index in [9.17, 15) is 9.59 Å². The van der Waals surface area contributed by atoms with Gasteiger partial charge in [0.1, 0.15) is 29.1 Å². The lowest BCUT2D eigenvalue weighted by Crippen LogP contribution is -2.24. The SMILES string of the molecule is COCCCOc1cc(C(N)=O)cc2nc(N)n(CCC[C@H]3COc4cc(C(N)=O)cc5nc(N)n3c45)c12. The molecule has 1 aliphatic heterocycles. The second kappa shape index (κ2) is 10.1. The molecule has 13 nitrogen and oxygen atoms in total. The van der Waals surface area contributed by atoms with Gasteiger partial charge in [-0.25, -0.2) is 9.97 Å². The van der Waals surface area contributed by atoms with Gasteiger partial charge in [-0.3, -0.25) is 9.59 Å². The maximum Gasteiger partial charge on any atom is 0.248 e. The lowest BCUT2D eigenvalue weighted by molar-refractivity contribution is 0.0991. The minimum absolute atomic E-state index is 0.0748. The number of hydrogen-bond donors (Lipinski definition) is 4. The smallest absolute Gasteiger partial charge is 0.248 e. The molecule has 2 aromatic heterocycles. The summed E-state index contributed by atoms with van der Waals surface area (Å²) in [5, 5.41) is 0. The zero-order valence-electron chi connectivity index (χ0n) is 21.0. The summed E-state index contributed by atoms with van der Waals surface area (Å²) >= 11 is 0. The highest BCUT2D eigenvalue weighted by Crippen LogP contribution is 2.38. The Kier molecular flexibility index (Phi) is 6.68. The van der Waals surface area contributed by atoms with E-state index in [1.165, 1.54) is 0 Å². The standard InChI is InChI=1S/C25H30N8O5/c1-36-6-3-7-37-18-10-13(22(26)34)8-16-20(18)32(24(28)30-16)5-2-4-15-12-38-19-11-14(23(27)35)9-17-21(19)33(15)25(29)31-17/h8-11,15H,2-7,12H2,1H3,(H2,26,34)(H2,27,35)(H2,28,30)(H2,29,31)/t15-/m0/s1. The van der Waals surface area contributed by atoms with Crippen LogP contribution in [0.4, 0.5) is 11.9 Å². The van der Waals surface area contributed by atoms with Gasteiger partial charge in [-0.2, -0.15) is 0 Å². The molecule has 8 N–H and O–H groups in total. The Morgan fingerprint density at radius 3 is 2.37 bits per heavy atom. The Bertz CT molecular complexity index is 1540. The molecular weight excluding hydrogens is 492 g/mol. The third-order valence-corrected chi connectivity index (χ3v) is 6.65. The van der Waals surface area contributed by atoms with Crippen molar-refractivity contribution < 1.29 is 23.8 Å². The first-order chi connectivity index (χ1) is 18.3. The predicted octanol–water partition coefficient (Wildman–Crippen LogP) is 1.58. The van der Waals surface area contributed by atoms with Crippen LogP contribution in [-0.4, -0.2) is 57.8 Å². The molecule has 0 bridgehead atoms. The Balaban J connectivity index is 1.39. The third kappa shape index (κ3) is 4.52. The number of carbonyl (C=O) groups excluding carboxylic acids is 2. The van der Waals surface area contributed by atoms with Crippen LogP contribution >= 0.6 is 0 Å². The summed E-state index contributed by atoms with van der Waals surface area (Å²) in [5.41, 5.74) is 26.6. The fourth-order valence-electron chi connectivity index (χ4n) is 4.90. The number of anilines is 2. The molecule has 13 heteroatoms. The summed E-state index contributed by atoms with van der Waals surface area (Å²) < 4.78 is 20.9. The molecule has 0 fully saturated rings. The van der Waals surface area contributed by atoms with Crippen LogP contribution < -0.4 is 32.4 Å². The van der Waals surface area contributed by atoms with Gasteiger partial charge in [0.05, 0.1) is 23.7 Å². The van der Waals surface area contributed by atoms with Crippen LogP contribution in [0.15, 0.2) is 24.3 Å². The molecule has 200 valence electrons. The Labute approximate surface area is 217 Å². The average molecular weight is 523 g/mol. The van der Waals surface area contributed by atoms with Gasteiger partial charge in [0.25, 0.3) is 0 Å². The zero-order valence-corrected chi connectivity index (χ0v) is 21.0. The number of amides is 2. The highest BCUT2D eigenvalue weighted by molar-refractivity contribution is 5.99. The van der Waals surface area contributed by atoms with Crippen LogP contribution in [-0.2, 0) is 11.3 Å². The maximum absolute atomic E-state index is 11.9. The van der Waals surface area contributed by atoms with Crippen molar-refractivity contribution in [2.45, 2.75) is 31.8 Å². The summed E-state index contributed by atoms with van der Waals surface area (Å²) in [5.74, 6) is 0.523. The Morgan fingerprint density at radius 1 is 0.974 bits per heavy atom. The van der Waals surface area contributed by atoms with Gasteiger partial charge < -0.3 is 46.3 Å². The highest BCUT2D eigenvalue weighted by Gasteiger charge is 2.27. The zero-order chi connectivity index (χ0) is 27.0. The Morgan fingerprint density at radius 2 is 1.66 bits per heavy atom. The number of benzene rings is 2. The van der Waals surface area contributed by atoms with Crippen molar-refractivity contribution in [1.82, 2.24) is 19.1 Å². The minimum Gasteiger partial charge on any atom is -0.491 e. The molecule has 4 aromatic rings. The number of nitrogens with zero attached hydrogens (tertiary/aromatic N) is 4. The molecule has 0 saturated heterocycles. The number of fused-ring (bicyclic) bond motifs is 1. The van der Waals surface area contributed by atoms with Gasteiger partial charge in [0.2, 0.25) is 23.7 Å². The van der Waals surface area contributed by atoms with E-state index in [0.29, 0.717) is 96.7 Å². The summed E-state index contributed by atoms with van der Waals surface area (Å²) in [6, 6.07) is 6.39. The van der Waals surface area contributed by atoms with Gasteiger partial charge in [-0.05, 0) is 37.1 Å². The molecule has 0 saturated carbocycles. The molecule has 2 amide bonds. The molecule has 0 unspecified atom stereocenters.